The SMILES string of the molecule is CCC(=O)N1C(=O)CCc2ccc(OCCCCN3CCN(c4cccc5ccccc45)CC3)nc21. The lowest BCUT2D eigenvalue weighted by Crippen LogP contribution is -2.46. The van der Waals surface area contributed by atoms with Crippen molar-refractivity contribution >= 4 is 34.1 Å². The fourth-order valence-electron chi connectivity index (χ4n) is 5.13. The van der Waals surface area contributed by atoms with E-state index >= 15 is 0 Å². The molecule has 36 heavy (non-hydrogen) atoms. The lowest BCUT2D eigenvalue weighted by atomic mass is 10.0. The van der Waals surface area contributed by atoms with E-state index in [1.165, 1.54) is 21.4 Å². The maximum absolute atomic E-state index is 12.3. The molecule has 2 aromatic carbocycles. The van der Waals surface area contributed by atoms with Crippen LogP contribution < -0.4 is 14.5 Å². The van der Waals surface area contributed by atoms with Crippen LogP contribution in [0.4, 0.5) is 11.5 Å². The predicted octanol–water partition coefficient (Wildman–Crippen LogP) is 4.43. The number of carbonyl (C=O) groups excluding carboxylic acids is 2. The Morgan fingerprint density at radius 1 is 0.944 bits per heavy atom. The maximum atomic E-state index is 12.3. The monoisotopic (exact) mass is 486 g/mol. The summed E-state index contributed by atoms with van der Waals surface area (Å²) >= 11 is 0. The Labute approximate surface area is 212 Å². The standard InChI is InChI=1S/C29H34N4O3/c1-2-27(34)33-28(35)15-13-23-12-14-26(30-29(23)33)36-21-6-5-16-31-17-19-32(20-18-31)25-11-7-9-22-8-3-4-10-24(22)25/h3-4,7-12,14H,2,5-6,13,15-21H2,1H3. The van der Waals surface area contributed by atoms with Crippen LogP contribution in [0.5, 0.6) is 5.88 Å². The molecular formula is C29H34N4O3. The number of nitrogens with zero attached hydrogens (tertiary/aromatic N) is 4. The first-order valence-electron chi connectivity index (χ1n) is 13.1. The summed E-state index contributed by atoms with van der Waals surface area (Å²) < 4.78 is 5.89. The molecule has 0 spiro atoms. The number of fused-ring (bicyclic) bond motifs is 2. The number of imide groups is 1. The van der Waals surface area contributed by atoms with Gasteiger partial charge in [-0.15, -0.1) is 0 Å². The molecule has 0 radical (unpaired) electrons. The van der Waals surface area contributed by atoms with E-state index in [0.717, 1.165) is 51.1 Å². The van der Waals surface area contributed by atoms with Gasteiger partial charge in [-0.2, -0.15) is 4.98 Å². The second-order valence-corrected chi connectivity index (χ2v) is 9.49. The molecule has 7 heteroatoms. The highest BCUT2D eigenvalue weighted by molar-refractivity contribution is 6.15. The Bertz CT molecular complexity index is 1230. The van der Waals surface area contributed by atoms with Gasteiger partial charge in [-0.1, -0.05) is 43.3 Å². The number of pyridine rings is 1. The molecule has 2 aliphatic heterocycles. The Balaban J connectivity index is 1.07. The van der Waals surface area contributed by atoms with E-state index in [4.69, 9.17) is 4.74 Å². The number of anilines is 2. The van der Waals surface area contributed by atoms with Crippen molar-refractivity contribution in [1.29, 1.82) is 0 Å². The predicted molar refractivity (Wildman–Crippen MR) is 143 cm³/mol. The molecule has 1 saturated heterocycles. The third-order valence-electron chi connectivity index (χ3n) is 7.15. The average molecular weight is 487 g/mol. The van der Waals surface area contributed by atoms with Crippen LogP contribution >= 0.6 is 0 Å². The molecule has 0 atom stereocenters. The van der Waals surface area contributed by atoms with Crippen molar-refractivity contribution in [2.45, 2.75) is 39.0 Å². The first-order chi connectivity index (χ1) is 17.6. The first kappa shape index (κ1) is 24.3. The van der Waals surface area contributed by atoms with Crippen molar-refractivity contribution in [2.75, 3.05) is 49.1 Å². The van der Waals surface area contributed by atoms with Gasteiger partial charge in [0, 0.05) is 56.2 Å². The van der Waals surface area contributed by atoms with E-state index in [0.29, 0.717) is 31.1 Å². The zero-order valence-electron chi connectivity index (χ0n) is 21.0. The number of amides is 2. The Morgan fingerprint density at radius 2 is 1.75 bits per heavy atom. The number of aryl methyl sites for hydroxylation is 1. The smallest absolute Gasteiger partial charge is 0.235 e. The Morgan fingerprint density at radius 3 is 2.58 bits per heavy atom. The molecule has 3 heterocycles. The van der Waals surface area contributed by atoms with Gasteiger partial charge in [-0.25, -0.2) is 4.90 Å². The van der Waals surface area contributed by atoms with E-state index in [2.05, 4.69) is 57.2 Å². The molecule has 2 amide bonds. The third kappa shape index (κ3) is 5.21. The van der Waals surface area contributed by atoms with Crippen LogP contribution in [-0.2, 0) is 16.0 Å². The van der Waals surface area contributed by atoms with Gasteiger partial charge in [0.1, 0.15) is 5.82 Å². The topological polar surface area (TPSA) is 66.0 Å². The summed E-state index contributed by atoms with van der Waals surface area (Å²) in [5.74, 6) is 0.520. The highest BCUT2D eigenvalue weighted by Gasteiger charge is 2.30. The average Bonchev–Trinajstić information content (AvgIpc) is 2.92. The summed E-state index contributed by atoms with van der Waals surface area (Å²) in [5.41, 5.74) is 2.26. The summed E-state index contributed by atoms with van der Waals surface area (Å²) in [6, 6.07) is 18.9. The molecule has 7 nitrogen and oxygen atoms in total. The van der Waals surface area contributed by atoms with Gasteiger partial charge in [0.15, 0.2) is 0 Å². The van der Waals surface area contributed by atoms with Crippen LogP contribution in [0.2, 0.25) is 0 Å². The van der Waals surface area contributed by atoms with Gasteiger partial charge in [-0.3, -0.25) is 14.5 Å². The number of ether oxygens (including phenoxy) is 1. The Kier molecular flexibility index (Phi) is 7.47. The van der Waals surface area contributed by atoms with Crippen molar-refractivity contribution < 1.29 is 14.3 Å². The number of rotatable bonds is 8. The maximum Gasteiger partial charge on any atom is 0.235 e. The van der Waals surface area contributed by atoms with E-state index < -0.39 is 0 Å². The first-order valence-corrected chi connectivity index (χ1v) is 13.1. The summed E-state index contributed by atoms with van der Waals surface area (Å²) in [6.07, 6.45) is 3.21. The molecule has 1 aromatic heterocycles. The van der Waals surface area contributed by atoms with E-state index in [9.17, 15) is 9.59 Å². The Hall–Kier alpha value is -3.45. The lowest BCUT2D eigenvalue weighted by Gasteiger charge is -2.36. The molecule has 2 aliphatic rings. The molecule has 1 fully saturated rings. The van der Waals surface area contributed by atoms with Crippen molar-refractivity contribution in [1.82, 2.24) is 9.88 Å². The lowest BCUT2D eigenvalue weighted by molar-refractivity contribution is -0.126. The zero-order valence-corrected chi connectivity index (χ0v) is 21.0. The van der Waals surface area contributed by atoms with Gasteiger partial charge in [-0.05, 0) is 48.9 Å². The molecule has 0 N–H and O–H groups in total. The van der Waals surface area contributed by atoms with E-state index in [1.807, 2.05) is 12.1 Å². The van der Waals surface area contributed by atoms with Crippen LogP contribution in [0.15, 0.2) is 54.6 Å². The molecule has 3 aromatic rings. The van der Waals surface area contributed by atoms with Gasteiger partial charge in [0.2, 0.25) is 17.7 Å². The summed E-state index contributed by atoms with van der Waals surface area (Å²) in [4.78, 5) is 35.3. The zero-order chi connectivity index (χ0) is 24.9. The highest BCUT2D eigenvalue weighted by atomic mass is 16.5. The fourth-order valence-corrected chi connectivity index (χ4v) is 5.13. The number of benzene rings is 2. The quantitative estimate of drug-likeness (QED) is 0.439. The molecule has 5 rings (SSSR count). The van der Waals surface area contributed by atoms with Crippen LogP contribution in [0.1, 0.15) is 38.2 Å². The highest BCUT2D eigenvalue weighted by Crippen LogP contribution is 2.29. The molecule has 0 bridgehead atoms. The van der Waals surface area contributed by atoms with Crippen molar-refractivity contribution in [3.63, 3.8) is 0 Å². The van der Waals surface area contributed by atoms with E-state index in [-0.39, 0.29) is 18.2 Å². The second-order valence-electron chi connectivity index (χ2n) is 9.49. The van der Waals surface area contributed by atoms with Crippen LogP contribution in [0.25, 0.3) is 10.8 Å². The summed E-state index contributed by atoms with van der Waals surface area (Å²) in [7, 11) is 0. The fraction of sp³-hybridized carbons (Fsp3) is 0.414. The van der Waals surface area contributed by atoms with Crippen molar-refractivity contribution in [3.05, 3.63) is 60.2 Å². The van der Waals surface area contributed by atoms with Gasteiger partial charge < -0.3 is 9.64 Å². The number of hydrogen-bond acceptors (Lipinski definition) is 6. The van der Waals surface area contributed by atoms with Gasteiger partial charge in [0.25, 0.3) is 0 Å². The minimum atomic E-state index is -0.217. The van der Waals surface area contributed by atoms with Crippen molar-refractivity contribution in [2.24, 2.45) is 0 Å². The van der Waals surface area contributed by atoms with Crippen LogP contribution in [0, 0.1) is 0 Å². The largest absolute Gasteiger partial charge is 0.478 e. The number of hydrogen-bond donors (Lipinski definition) is 0. The number of piperazine rings is 1. The van der Waals surface area contributed by atoms with Gasteiger partial charge in [0.05, 0.1) is 6.61 Å². The number of aromatic nitrogens is 1. The minimum Gasteiger partial charge on any atom is -0.478 e. The third-order valence-corrected chi connectivity index (χ3v) is 7.15. The van der Waals surface area contributed by atoms with Gasteiger partial charge >= 0.3 is 0 Å². The van der Waals surface area contributed by atoms with Crippen LogP contribution in [0.3, 0.4) is 0 Å². The van der Waals surface area contributed by atoms with E-state index in [1.54, 1.807) is 6.92 Å². The molecule has 0 saturated carbocycles. The second kappa shape index (κ2) is 11.1. The normalized spacial score (nSPS) is 16.3. The van der Waals surface area contributed by atoms with Crippen LogP contribution in [-0.4, -0.2) is 61.0 Å². The summed E-state index contributed by atoms with van der Waals surface area (Å²) in [5, 5.41) is 2.62. The summed E-state index contributed by atoms with van der Waals surface area (Å²) in [6.45, 7) is 7.57. The number of unbranched alkanes of at least 4 members (excludes halogenated alkanes) is 1. The molecule has 0 unspecified atom stereocenters. The minimum absolute atomic E-state index is 0.181. The molecule has 188 valence electrons. The van der Waals surface area contributed by atoms with Crippen molar-refractivity contribution in [3.8, 4) is 5.88 Å². The molecular weight excluding hydrogens is 452 g/mol. The number of carbonyl (C=O) groups is 2. The molecule has 0 aliphatic carbocycles.